The minimum atomic E-state index is 0.0664. The van der Waals surface area contributed by atoms with E-state index < -0.39 is 0 Å². The summed E-state index contributed by atoms with van der Waals surface area (Å²) in [6.07, 6.45) is 2.35. The summed E-state index contributed by atoms with van der Waals surface area (Å²) in [6.45, 7) is 1.37. The SMILES string of the molecule is COc1cc2c(cc1O)[C@H](Cc1ccc(O)c(Oc3ccc(C[C@H]4c5cc(OC)c(OC)cc5OCN4C)cc3)c1)N(C)CC2. The van der Waals surface area contributed by atoms with Crippen molar-refractivity contribution >= 4 is 0 Å². The minimum Gasteiger partial charge on any atom is -0.504 e. The first-order valence-electron chi connectivity index (χ1n) is 15.1. The Hall–Kier alpha value is -4.60. The molecule has 0 saturated heterocycles. The summed E-state index contributed by atoms with van der Waals surface area (Å²) < 4.78 is 28.5. The van der Waals surface area contributed by atoms with Crippen LogP contribution in [0.3, 0.4) is 0 Å². The molecule has 9 heteroatoms. The van der Waals surface area contributed by atoms with Crippen LogP contribution >= 0.6 is 0 Å². The molecule has 2 atom stereocenters. The van der Waals surface area contributed by atoms with Crippen LogP contribution in [0.1, 0.15) is 39.9 Å². The van der Waals surface area contributed by atoms with E-state index in [0.717, 1.165) is 47.4 Å². The second kappa shape index (κ2) is 12.8. The first-order valence-corrected chi connectivity index (χ1v) is 15.1. The molecule has 6 rings (SSSR count). The van der Waals surface area contributed by atoms with Crippen LogP contribution in [-0.4, -0.2) is 68.7 Å². The van der Waals surface area contributed by atoms with Gasteiger partial charge in [-0.25, -0.2) is 0 Å². The Labute approximate surface area is 264 Å². The highest BCUT2D eigenvalue weighted by molar-refractivity contribution is 5.53. The van der Waals surface area contributed by atoms with Crippen molar-refractivity contribution in [1.29, 1.82) is 0 Å². The molecule has 0 aromatic heterocycles. The molecule has 0 saturated carbocycles. The van der Waals surface area contributed by atoms with Gasteiger partial charge in [0.15, 0.2) is 34.5 Å². The lowest BCUT2D eigenvalue weighted by molar-refractivity contribution is 0.0819. The Morgan fingerprint density at radius 3 is 2.09 bits per heavy atom. The second-order valence-electron chi connectivity index (χ2n) is 11.7. The number of rotatable bonds is 9. The van der Waals surface area contributed by atoms with Crippen LogP contribution in [0, 0.1) is 0 Å². The van der Waals surface area contributed by atoms with Gasteiger partial charge in [-0.05, 0) is 98.1 Å². The highest BCUT2D eigenvalue weighted by atomic mass is 16.5. The topological polar surface area (TPSA) is 93.1 Å². The predicted octanol–water partition coefficient (Wildman–Crippen LogP) is 6.25. The predicted molar refractivity (Wildman–Crippen MR) is 171 cm³/mol. The molecule has 2 N–H and O–H groups in total. The molecule has 0 spiro atoms. The maximum absolute atomic E-state index is 10.7. The molecule has 2 aliphatic heterocycles. The minimum absolute atomic E-state index is 0.0664. The molecule has 0 fully saturated rings. The molecule has 236 valence electrons. The zero-order chi connectivity index (χ0) is 31.7. The van der Waals surface area contributed by atoms with Gasteiger partial charge in [0.05, 0.1) is 21.3 Å². The van der Waals surface area contributed by atoms with Crippen LogP contribution in [0.15, 0.2) is 66.7 Å². The van der Waals surface area contributed by atoms with Crippen molar-refractivity contribution in [3.63, 3.8) is 0 Å². The molecule has 2 aliphatic rings. The number of hydrogen-bond donors (Lipinski definition) is 2. The van der Waals surface area contributed by atoms with Gasteiger partial charge in [-0.3, -0.25) is 9.80 Å². The molecule has 4 aromatic rings. The average Bonchev–Trinajstić information content (AvgIpc) is 3.05. The third-order valence-electron chi connectivity index (χ3n) is 8.93. The van der Waals surface area contributed by atoms with Crippen LogP contribution < -0.4 is 23.7 Å². The van der Waals surface area contributed by atoms with Gasteiger partial charge < -0.3 is 33.9 Å². The lowest BCUT2D eigenvalue weighted by atomic mass is 9.88. The zero-order valence-corrected chi connectivity index (χ0v) is 26.4. The quantitative estimate of drug-likeness (QED) is 0.227. The smallest absolute Gasteiger partial charge is 0.169 e. The number of likely N-dealkylation sites (N-methyl/N-ethyl adjacent to an activating group) is 2. The van der Waals surface area contributed by atoms with Gasteiger partial charge >= 0.3 is 0 Å². The van der Waals surface area contributed by atoms with Gasteiger partial charge in [0.2, 0.25) is 0 Å². The van der Waals surface area contributed by atoms with Crippen LogP contribution in [0.4, 0.5) is 0 Å². The van der Waals surface area contributed by atoms with Crippen molar-refractivity contribution in [3.8, 4) is 46.0 Å². The first kappa shape index (κ1) is 30.4. The normalized spacial score (nSPS) is 18.0. The standard InChI is InChI=1S/C36H40N2O7/c1-37-13-12-24-17-33(41-3)31(40)18-26(24)28(37)15-23-8-11-30(39)34(16-23)45-25-9-6-22(7-10-25)14-29-27-19-35(42-4)36(43-5)20-32(27)44-21-38(29)2/h6-11,16-20,28-29,39-40H,12-15,21H2,1-5H3/t28-,29-/m0/s1. The third kappa shape index (κ3) is 6.18. The van der Waals surface area contributed by atoms with Crippen molar-refractivity contribution in [2.75, 3.05) is 48.7 Å². The lowest BCUT2D eigenvalue weighted by Crippen LogP contribution is -2.34. The summed E-state index contributed by atoms with van der Waals surface area (Å²) in [5.74, 6) is 3.85. The molecule has 0 radical (unpaired) electrons. The van der Waals surface area contributed by atoms with E-state index in [2.05, 4.69) is 29.0 Å². The van der Waals surface area contributed by atoms with Crippen molar-refractivity contribution in [2.45, 2.75) is 31.3 Å². The molecule has 0 amide bonds. The van der Waals surface area contributed by atoms with Gasteiger partial charge in [0.1, 0.15) is 18.2 Å². The number of fused-ring (bicyclic) bond motifs is 2. The summed E-state index contributed by atoms with van der Waals surface area (Å²) in [6, 6.07) is 21.2. The van der Waals surface area contributed by atoms with Crippen LogP contribution in [0.25, 0.3) is 0 Å². The van der Waals surface area contributed by atoms with Crippen molar-refractivity contribution in [1.82, 2.24) is 9.80 Å². The molecule has 0 bridgehead atoms. The van der Waals surface area contributed by atoms with Gasteiger partial charge in [0, 0.05) is 30.3 Å². The van der Waals surface area contributed by atoms with Crippen molar-refractivity contribution in [3.05, 3.63) is 94.5 Å². The lowest BCUT2D eigenvalue weighted by Gasteiger charge is -2.35. The van der Waals surface area contributed by atoms with E-state index in [1.165, 1.54) is 5.56 Å². The highest BCUT2D eigenvalue weighted by Gasteiger charge is 2.29. The Morgan fingerprint density at radius 1 is 0.689 bits per heavy atom. The molecule has 4 aromatic carbocycles. The summed E-state index contributed by atoms with van der Waals surface area (Å²) in [5.41, 5.74) is 5.47. The fourth-order valence-corrected chi connectivity index (χ4v) is 6.33. The molecule has 0 aliphatic carbocycles. The van der Waals surface area contributed by atoms with Gasteiger partial charge in [0.25, 0.3) is 0 Å². The van der Waals surface area contributed by atoms with Gasteiger partial charge in [-0.15, -0.1) is 0 Å². The largest absolute Gasteiger partial charge is 0.504 e. The summed E-state index contributed by atoms with van der Waals surface area (Å²) in [4.78, 5) is 4.46. The summed E-state index contributed by atoms with van der Waals surface area (Å²) in [5, 5.41) is 21.1. The monoisotopic (exact) mass is 612 g/mol. The highest BCUT2D eigenvalue weighted by Crippen LogP contribution is 2.43. The number of methoxy groups -OCH3 is 3. The molecule has 2 heterocycles. The average molecular weight is 613 g/mol. The number of benzene rings is 4. The number of phenolic OH excluding ortho intramolecular Hbond substituents is 2. The van der Waals surface area contributed by atoms with Crippen LogP contribution in [0.2, 0.25) is 0 Å². The number of hydrogen-bond acceptors (Lipinski definition) is 9. The second-order valence-corrected chi connectivity index (χ2v) is 11.7. The molecule has 0 unspecified atom stereocenters. The van der Waals surface area contributed by atoms with E-state index in [1.807, 2.05) is 55.6 Å². The number of phenols is 2. The Balaban J connectivity index is 1.18. The number of ether oxygens (including phenoxy) is 5. The molecule has 45 heavy (non-hydrogen) atoms. The Bertz CT molecular complexity index is 1670. The first-order chi connectivity index (χ1) is 21.8. The summed E-state index contributed by atoms with van der Waals surface area (Å²) in [7, 11) is 8.96. The Morgan fingerprint density at radius 2 is 1.36 bits per heavy atom. The Kier molecular flexibility index (Phi) is 8.65. The molecule has 9 nitrogen and oxygen atoms in total. The number of aromatic hydroxyl groups is 2. The van der Waals surface area contributed by atoms with Gasteiger partial charge in [-0.2, -0.15) is 0 Å². The number of nitrogens with zero attached hydrogens (tertiary/aromatic N) is 2. The third-order valence-corrected chi connectivity index (χ3v) is 8.93. The van der Waals surface area contributed by atoms with Crippen molar-refractivity contribution in [2.24, 2.45) is 0 Å². The fourth-order valence-electron chi connectivity index (χ4n) is 6.33. The van der Waals surface area contributed by atoms with Crippen molar-refractivity contribution < 1.29 is 33.9 Å². The van der Waals surface area contributed by atoms with E-state index in [0.29, 0.717) is 41.9 Å². The van der Waals surface area contributed by atoms with E-state index >= 15 is 0 Å². The zero-order valence-electron chi connectivity index (χ0n) is 26.4. The van der Waals surface area contributed by atoms with Crippen LogP contribution in [-0.2, 0) is 19.3 Å². The molecular weight excluding hydrogens is 572 g/mol. The van der Waals surface area contributed by atoms with E-state index in [1.54, 1.807) is 27.4 Å². The summed E-state index contributed by atoms with van der Waals surface area (Å²) >= 11 is 0. The maximum Gasteiger partial charge on any atom is 0.169 e. The van der Waals surface area contributed by atoms with Gasteiger partial charge in [-0.1, -0.05) is 18.2 Å². The van der Waals surface area contributed by atoms with E-state index in [9.17, 15) is 10.2 Å². The molecular formula is C36H40N2O7. The van der Waals surface area contributed by atoms with E-state index in [-0.39, 0.29) is 23.6 Å². The van der Waals surface area contributed by atoms with E-state index in [4.69, 9.17) is 23.7 Å². The maximum atomic E-state index is 10.7. The van der Waals surface area contributed by atoms with Crippen LogP contribution in [0.5, 0.6) is 46.0 Å². The fraction of sp³-hybridized carbons (Fsp3) is 0.333.